The van der Waals surface area contributed by atoms with Crippen LogP contribution in [0.2, 0.25) is 0 Å². The molecule has 0 amide bonds. The third kappa shape index (κ3) is 5.58. The van der Waals surface area contributed by atoms with Crippen molar-refractivity contribution >= 4 is 11.7 Å². The first-order chi connectivity index (χ1) is 9.15. The fourth-order valence-electron chi connectivity index (χ4n) is 1.40. The Morgan fingerprint density at radius 3 is 2.74 bits per heavy atom. The van der Waals surface area contributed by atoms with Gasteiger partial charge in [-0.1, -0.05) is 0 Å². The van der Waals surface area contributed by atoms with Crippen LogP contribution in [0, 0.1) is 0 Å². The van der Waals surface area contributed by atoms with Crippen LogP contribution in [0.1, 0.15) is 16.8 Å². The van der Waals surface area contributed by atoms with Crippen LogP contribution in [0.15, 0.2) is 18.2 Å². The quantitative estimate of drug-likeness (QED) is 0.418. The molecule has 0 aromatic heterocycles. The summed E-state index contributed by atoms with van der Waals surface area (Å²) in [4.78, 5) is 11.6. The number of nitrogen functional groups attached to an aromatic ring is 1. The summed E-state index contributed by atoms with van der Waals surface area (Å²) in [5, 5.41) is 9.54. The van der Waals surface area contributed by atoms with Crippen molar-refractivity contribution in [2.24, 2.45) is 0 Å². The van der Waals surface area contributed by atoms with Crippen LogP contribution in [0.5, 0.6) is 5.75 Å². The van der Waals surface area contributed by atoms with E-state index in [1.807, 2.05) is 0 Å². The van der Waals surface area contributed by atoms with E-state index in [-0.39, 0.29) is 17.9 Å². The van der Waals surface area contributed by atoms with Crippen LogP contribution in [-0.4, -0.2) is 44.6 Å². The maximum atomic E-state index is 11.6. The van der Waals surface area contributed by atoms with Crippen LogP contribution in [0.3, 0.4) is 0 Å². The fraction of sp³-hybridized carbons (Fsp3) is 0.462. The average Bonchev–Trinajstić information content (AvgIpc) is 2.37. The molecule has 3 N–H and O–H groups in total. The summed E-state index contributed by atoms with van der Waals surface area (Å²) < 4.78 is 15.1. The molecule has 0 saturated carbocycles. The smallest absolute Gasteiger partial charge is 0.341 e. The minimum absolute atomic E-state index is 0.0913. The highest BCUT2D eigenvalue weighted by molar-refractivity contribution is 5.92. The molecule has 0 atom stereocenters. The third-order valence-electron chi connectivity index (χ3n) is 2.34. The van der Waals surface area contributed by atoms with Crippen molar-refractivity contribution in [2.45, 2.75) is 6.42 Å². The zero-order chi connectivity index (χ0) is 14.1. The number of hydrogen-bond donors (Lipinski definition) is 2. The Morgan fingerprint density at radius 2 is 2.05 bits per heavy atom. The minimum Gasteiger partial charge on any atom is -0.507 e. The molecule has 0 spiro atoms. The van der Waals surface area contributed by atoms with Crippen LogP contribution in [-0.2, 0) is 14.2 Å². The number of phenols is 1. The maximum Gasteiger partial charge on any atom is 0.341 e. The molecule has 1 aromatic carbocycles. The summed E-state index contributed by atoms with van der Waals surface area (Å²) in [6.45, 7) is 1.64. The van der Waals surface area contributed by atoms with E-state index in [1.54, 1.807) is 7.11 Å². The lowest BCUT2D eigenvalue weighted by Gasteiger charge is -2.07. The summed E-state index contributed by atoms with van der Waals surface area (Å²) in [6, 6.07) is 4.25. The number of anilines is 1. The van der Waals surface area contributed by atoms with Crippen molar-refractivity contribution in [2.75, 3.05) is 39.3 Å². The molecule has 1 aromatic rings. The number of methoxy groups -OCH3 is 1. The summed E-state index contributed by atoms with van der Waals surface area (Å²) in [5.41, 5.74) is 5.94. The molecular formula is C13H19NO5. The number of aromatic hydroxyl groups is 1. The van der Waals surface area contributed by atoms with Gasteiger partial charge in [0.05, 0.1) is 6.61 Å². The zero-order valence-corrected chi connectivity index (χ0v) is 10.9. The van der Waals surface area contributed by atoms with E-state index in [4.69, 9.17) is 19.9 Å². The minimum atomic E-state index is -0.599. The van der Waals surface area contributed by atoms with Gasteiger partial charge in [0, 0.05) is 32.1 Å². The van der Waals surface area contributed by atoms with Crippen LogP contribution in [0.25, 0.3) is 0 Å². The molecule has 106 valence electrons. The Morgan fingerprint density at radius 1 is 1.26 bits per heavy atom. The molecule has 6 nitrogen and oxygen atoms in total. The summed E-state index contributed by atoms with van der Waals surface area (Å²) in [5.74, 6) is -0.788. The number of carbonyl (C=O) groups excluding carboxylic acids is 1. The molecule has 19 heavy (non-hydrogen) atoms. The highest BCUT2D eigenvalue weighted by atomic mass is 16.6. The molecule has 0 bridgehead atoms. The molecule has 0 heterocycles. The first-order valence-corrected chi connectivity index (χ1v) is 5.97. The van der Waals surface area contributed by atoms with Crippen LogP contribution < -0.4 is 5.73 Å². The second-order valence-electron chi connectivity index (χ2n) is 3.87. The SMILES string of the molecule is COCCCOCCOC(=O)c1ccc(N)cc1O. The van der Waals surface area contributed by atoms with Crippen molar-refractivity contribution in [1.82, 2.24) is 0 Å². The monoisotopic (exact) mass is 269 g/mol. The lowest BCUT2D eigenvalue weighted by molar-refractivity contribution is 0.0285. The van der Waals surface area contributed by atoms with Gasteiger partial charge in [-0.3, -0.25) is 0 Å². The number of hydrogen-bond acceptors (Lipinski definition) is 6. The molecule has 6 heteroatoms. The van der Waals surface area contributed by atoms with Crippen molar-refractivity contribution in [3.05, 3.63) is 23.8 Å². The predicted octanol–water partition coefficient (Wildman–Crippen LogP) is 1.18. The van der Waals surface area contributed by atoms with Crippen molar-refractivity contribution < 1.29 is 24.1 Å². The Labute approximate surface area is 112 Å². The number of rotatable bonds is 8. The largest absolute Gasteiger partial charge is 0.507 e. The van der Waals surface area contributed by atoms with Gasteiger partial charge in [-0.05, 0) is 18.6 Å². The standard InChI is InChI=1S/C13H19NO5/c1-17-5-2-6-18-7-8-19-13(16)11-4-3-10(14)9-12(11)15/h3-4,9,15H,2,5-8,14H2,1H3. The lowest BCUT2D eigenvalue weighted by atomic mass is 10.2. The van der Waals surface area contributed by atoms with Crippen molar-refractivity contribution in [1.29, 1.82) is 0 Å². The number of phenolic OH excluding ortho intramolecular Hbond substituents is 1. The third-order valence-corrected chi connectivity index (χ3v) is 2.34. The van der Waals surface area contributed by atoms with E-state index in [0.29, 0.717) is 25.5 Å². The highest BCUT2D eigenvalue weighted by Gasteiger charge is 2.12. The Hall–Kier alpha value is -1.79. The van der Waals surface area contributed by atoms with Gasteiger partial charge in [0.15, 0.2) is 0 Å². The van der Waals surface area contributed by atoms with Crippen molar-refractivity contribution in [3.8, 4) is 5.75 Å². The van der Waals surface area contributed by atoms with Gasteiger partial charge < -0.3 is 25.1 Å². The topological polar surface area (TPSA) is 91.0 Å². The molecule has 0 saturated heterocycles. The molecule has 0 aliphatic heterocycles. The summed E-state index contributed by atoms with van der Waals surface area (Å²) in [7, 11) is 1.63. The Kier molecular flexibility index (Phi) is 6.70. The predicted molar refractivity (Wildman–Crippen MR) is 70.1 cm³/mol. The number of esters is 1. The maximum absolute atomic E-state index is 11.6. The summed E-state index contributed by atoms with van der Waals surface area (Å²) in [6.07, 6.45) is 0.795. The number of nitrogens with two attached hydrogens (primary N) is 1. The molecule has 0 radical (unpaired) electrons. The van der Waals surface area contributed by atoms with Gasteiger partial charge in [0.2, 0.25) is 0 Å². The molecule has 0 unspecified atom stereocenters. The average molecular weight is 269 g/mol. The normalized spacial score (nSPS) is 10.4. The van der Waals surface area contributed by atoms with E-state index in [9.17, 15) is 9.90 Å². The molecule has 0 aliphatic carbocycles. The van der Waals surface area contributed by atoms with Crippen molar-refractivity contribution in [3.63, 3.8) is 0 Å². The molecular weight excluding hydrogens is 250 g/mol. The first-order valence-electron chi connectivity index (χ1n) is 5.97. The molecule has 0 aliphatic rings. The van der Waals surface area contributed by atoms with Gasteiger partial charge in [-0.15, -0.1) is 0 Å². The molecule has 0 fully saturated rings. The van der Waals surface area contributed by atoms with Gasteiger partial charge in [0.25, 0.3) is 0 Å². The molecule has 1 rings (SSSR count). The van der Waals surface area contributed by atoms with Gasteiger partial charge in [-0.25, -0.2) is 4.79 Å². The fourth-order valence-corrected chi connectivity index (χ4v) is 1.40. The number of ether oxygens (including phenoxy) is 3. The van der Waals surface area contributed by atoms with Gasteiger partial charge >= 0.3 is 5.97 Å². The van der Waals surface area contributed by atoms with Gasteiger partial charge in [0.1, 0.15) is 17.9 Å². The second kappa shape index (κ2) is 8.34. The van der Waals surface area contributed by atoms with E-state index in [1.165, 1.54) is 18.2 Å². The Balaban J connectivity index is 2.24. The van der Waals surface area contributed by atoms with Crippen LogP contribution >= 0.6 is 0 Å². The number of carbonyl (C=O) groups is 1. The van der Waals surface area contributed by atoms with E-state index in [0.717, 1.165) is 6.42 Å². The van der Waals surface area contributed by atoms with Crippen LogP contribution in [0.4, 0.5) is 5.69 Å². The first kappa shape index (κ1) is 15.3. The summed E-state index contributed by atoms with van der Waals surface area (Å²) >= 11 is 0. The zero-order valence-electron chi connectivity index (χ0n) is 10.9. The van der Waals surface area contributed by atoms with E-state index in [2.05, 4.69) is 0 Å². The van der Waals surface area contributed by atoms with E-state index >= 15 is 0 Å². The lowest BCUT2D eigenvalue weighted by Crippen LogP contribution is -2.12. The Bertz CT molecular complexity index is 408. The second-order valence-corrected chi connectivity index (χ2v) is 3.87. The van der Waals surface area contributed by atoms with Gasteiger partial charge in [-0.2, -0.15) is 0 Å². The van der Waals surface area contributed by atoms with E-state index < -0.39 is 5.97 Å². The number of benzene rings is 1. The highest BCUT2D eigenvalue weighted by Crippen LogP contribution is 2.20.